The van der Waals surface area contributed by atoms with Gasteiger partial charge in [0.1, 0.15) is 9.77 Å². The second-order valence-corrected chi connectivity index (χ2v) is 8.92. The fraction of sp³-hybridized carbons (Fsp3) is 0.222. The fourth-order valence-electron chi connectivity index (χ4n) is 2.59. The summed E-state index contributed by atoms with van der Waals surface area (Å²) in [6.45, 7) is 0.263. The second-order valence-electron chi connectivity index (χ2n) is 6.32. The van der Waals surface area contributed by atoms with E-state index in [2.05, 4.69) is 15.1 Å². The second kappa shape index (κ2) is 7.26. The first-order chi connectivity index (χ1) is 13.0. The molecule has 2 aromatic heterocycles. The molecule has 4 rings (SSSR count). The molecule has 7 nitrogen and oxygen atoms in total. The molecule has 1 aromatic carbocycles. The molecule has 2 N–H and O–H groups in total. The molecule has 3 aromatic rings. The number of thiophene rings is 1. The van der Waals surface area contributed by atoms with Crippen LogP contribution in [0, 0.1) is 0 Å². The van der Waals surface area contributed by atoms with Crippen LogP contribution in [0.15, 0.2) is 59.1 Å². The summed E-state index contributed by atoms with van der Waals surface area (Å²) >= 11 is 1.12. The first kappa shape index (κ1) is 17.9. The molecule has 1 aliphatic carbocycles. The van der Waals surface area contributed by atoms with Crippen LogP contribution in [-0.2, 0) is 16.6 Å². The molecule has 0 spiro atoms. The molecule has 1 saturated carbocycles. The molecular weight excluding hydrogens is 384 g/mol. The maximum Gasteiger partial charge on any atom is 0.263 e. The molecule has 140 valence electrons. The van der Waals surface area contributed by atoms with Gasteiger partial charge in [-0.25, -0.2) is 17.8 Å². The van der Waals surface area contributed by atoms with E-state index >= 15 is 0 Å². The summed E-state index contributed by atoms with van der Waals surface area (Å²) in [6.07, 6.45) is 5.19. The smallest absolute Gasteiger partial charge is 0.263 e. The van der Waals surface area contributed by atoms with E-state index in [1.807, 2.05) is 36.5 Å². The highest BCUT2D eigenvalue weighted by Gasteiger charge is 2.31. The molecule has 0 bridgehead atoms. The number of rotatable bonds is 7. The van der Waals surface area contributed by atoms with Gasteiger partial charge in [0.05, 0.1) is 11.9 Å². The van der Waals surface area contributed by atoms with Crippen LogP contribution in [0.25, 0.3) is 5.69 Å². The monoisotopic (exact) mass is 402 g/mol. The third kappa shape index (κ3) is 4.10. The minimum atomic E-state index is -3.66. The van der Waals surface area contributed by atoms with Crippen molar-refractivity contribution >= 4 is 27.3 Å². The maximum atomic E-state index is 12.5. The highest BCUT2D eigenvalue weighted by atomic mass is 32.2. The molecular formula is C18H18N4O3S2. The van der Waals surface area contributed by atoms with Crippen molar-refractivity contribution in [2.75, 3.05) is 0 Å². The molecule has 9 heteroatoms. The molecule has 0 unspecified atom stereocenters. The lowest BCUT2D eigenvalue weighted by atomic mass is 10.3. The third-order valence-corrected chi connectivity index (χ3v) is 6.74. The van der Waals surface area contributed by atoms with Gasteiger partial charge < -0.3 is 5.32 Å². The van der Waals surface area contributed by atoms with E-state index in [1.165, 1.54) is 6.07 Å². The molecule has 1 fully saturated rings. The Labute approximate surface area is 161 Å². The summed E-state index contributed by atoms with van der Waals surface area (Å²) in [6, 6.07) is 11.1. The largest absolute Gasteiger partial charge is 0.347 e. The molecule has 0 saturated heterocycles. The first-order valence-corrected chi connectivity index (χ1v) is 10.9. The summed E-state index contributed by atoms with van der Waals surface area (Å²) in [5, 5.41) is 8.67. The average molecular weight is 403 g/mol. The van der Waals surface area contributed by atoms with Crippen LogP contribution >= 0.6 is 11.3 Å². The van der Waals surface area contributed by atoms with Crippen molar-refractivity contribution < 1.29 is 13.2 Å². The Morgan fingerprint density at radius 1 is 1.22 bits per heavy atom. The topological polar surface area (TPSA) is 93.1 Å². The third-order valence-electron chi connectivity index (χ3n) is 4.13. The number of carbonyl (C=O) groups excluding carboxylic acids is 1. The van der Waals surface area contributed by atoms with E-state index in [9.17, 15) is 13.2 Å². The molecule has 1 aliphatic rings. The van der Waals surface area contributed by atoms with Crippen LogP contribution < -0.4 is 10.0 Å². The molecule has 0 aliphatic heterocycles. The Bertz CT molecular complexity index is 1050. The van der Waals surface area contributed by atoms with Gasteiger partial charge in [-0.15, -0.1) is 11.3 Å². The summed E-state index contributed by atoms with van der Waals surface area (Å²) < 4.78 is 29.1. The van der Waals surface area contributed by atoms with E-state index in [1.54, 1.807) is 16.3 Å². The van der Waals surface area contributed by atoms with Crippen molar-refractivity contribution in [1.82, 2.24) is 19.8 Å². The minimum absolute atomic E-state index is 0.00497. The highest BCUT2D eigenvalue weighted by molar-refractivity contribution is 7.89. The Morgan fingerprint density at radius 2 is 2.00 bits per heavy atom. The van der Waals surface area contributed by atoms with Gasteiger partial charge in [0.2, 0.25) is 10.0 Å². The van der Waals surface area contributed by atoms with Gasteiger partial charge in [-0.3, -0.25) is 4.79 Å². The zero-order valence-electron chi connectivity index (χ0n) is 14.3. The van der Waals surface area contributed by atoms with Crippen molar-refractivity contribution in [3.8, 4) is 5.69 Å². The average Bonchev–Trinajstić information content (AvgIpc) is 3.16. The number of para-hydroxylation sites is 1. The molecule has 0 radical (unpaired) electrons. The Morgan fingerprint density at radius 3 is 2.74 bits per heavy atom. The van der Waals surface area contributed by atoms with Gasteiger partial charge in [0.25, 0.3) is 5.91 Å². The van der Waals surface area contributed by atoms with Gasteiger partial charge in [-0.05, 0) is 36.4 Å². The summed E-state index contributed by atoms with van der Waals surface area (Å²) in [4.78, 5) is 12.7. The van der Waals surface area contributed by atoms with E-state index < -0.39 is 15.9 Å². The summed E-state index contributed by atoms with van der Waals surface area (Å²) in [5.41, 5.74) is 1.75. The number of nitrogens with one attached hydrogen (secondary N) is 2. The standard InChI is InChI=1S/C18H18N4O3S2/c23-18(17-16(8-9-26-17)27(24,25)21-14-6-7-14)19-10-13-11-20-22(12-13)15-4-2-1-3-5-15/h1-5,8-9,11-12,14,21H,6-7,10H2,(H,19,23). The van der Waals surface area contributed by atoms with Gasteiger partial charge in [-0.2, -0.15) is 5.10 Å². The highest BCUT2D eigenvalue weighted by Crippen LogP contribution is 2.26. The SMILES string of the molecule is O=C(NCc1cnn(-c2ccccc2)c1)c1sccc1S(=O)(=O)NC1CC1. The van der Waals surface area contributed by atoms with Crippen molar-refractivity contribution in [2.45, 2.75) is 30.3 Å². The molecule has 2 heterocycles. The zero-order chi connectivity index (χ0) is 18.9. The van der Waals surface area contributed by atoms with Crippen molar-refractivity contribution in [2.24, 2.45) is 0 Å². The van der Waals surface area contributed by atoms with E-state index in [4.69, 9.17) is 0 Å². The van der Waals surface area contributed by atoms with E-state index in [0.29, 0.717) is 0 Å². The van der Waals surface area contributed by atoms with Crippen LogP contribution in [0.5, 0.6) is 0 Å². The number of amides is 1. The number of benzene rings is 1. The fourth-order valence-corrected chi connectivity index (χ4v) is 5.24. The molecule has 0 atom stereocenters. The van der Waals surface area contributed by atoms with Gasteiger partial charge in [0, 0.05) is 24.3 Å². The van der Waals surface area contributed by atoms with Gasteiger partial charge in [0.15, 0.2) is 0 Å². The lowest BCUT2D eigenvalue weighted by Gasteiger charge is -2.07. The number of hydrogen-bond donors (Lipinski definition) is 2. The van der Waals surface area contributed by atoms with E-state index in [-0.39, 0.29) is 22.4 Å². The molecule has 1 amide bonds. The Hall–Kier alpha value is -2.49. The van der Waals surface area contributed by atoms with Crippen LogP contribution in [0.4, 0.5) is 0 Å². The van der Waals surface area contributed by atoms with Crippen molar-refractivity contribution in [3.63, 3.8) is 0 Å². The predicted molar refractivity (Wildman–Crippen MR) is 102 cm³/mol. The number of hydrogen-bond acceptors (Lipinski definition) is 5. The van der Waals surface area contributed by atoms with Crippen LogP contribution in [0.2, 0.25) is 0 Å². The summed E-state index contributed by atoms with van der Waals surface area (Å²) in [7, 11) is -3.66. The van der Waals surface area contributed by atoms with Gasteiger partial charge in [-0.1, -0.05) is 18.2 Å². The Kier molecular flexibility index (Phi) is 4.81. The van der Waals surface area contributed by atoms with E-state index in [0.717, 1.165) is 35.4 Å². The van der Waals surface area contributed by atoms with Crippen molar-refractivity contribution in [1.29, 1.82) is 0 Å². The van der Waals surface area contributed by atoms with Gasteiger partial charge >= 0.3 is 0 Å². The lowest BCUT2D eigenvalue weighted by molar-refractivity contribution is 0.0952. The quantitative estimate of drug-likeness (QED) is 0.634. The van der Waals surface area contributed by atoms with Crippen LogP contribution in [0.1, 0.15) is 28.1 Å². The molecule has 27 heavy (non-hydrogen) atoms. The number of aromatic nitrogens is 2. The lowest BCUT2D eigenvalue weighted by Crippen LogP contribution is -2.29. The first-order valence-electron chi connectivity index (χ1n) is 8.50. The van der Waals surface area contributed by atoms with Crippen LogP contribution in [-0.4, -0.2) is 30.1 Å². The normalized spacial score (nSPS) is 14.2. The number of carbonyl (C=O) groups is 1. The van der Waals surface area contributed by atoms with Crippen LogP contribution in [0.3, 0.4) is 0 Å². The minimum Gasteiger partial charge on any atom is -0.347 e. The number of sulfonamides is 1. The summed E-state index contributed by atoms with van der Waals surface area (Å²) in [5.74, 6) is -0.409. The Balaban J connectivity index is 1.43. The predicted octanol–water partition coefficient (Wildman–Crippen LogP) is 2.30. The zero-order valence-corrected chi connectivity index (χ0v) is 16.0. The number of nitrogens with zero attached hydrogens (tertiary/aromatic N) is 2. The van der Waals surface area contributed by atoms with Crippen molar-refractivity contribution in [3.05, 3.63) is 64.6 Å². The maximum absolute atomic E-state index is 12.5.